The molecule has 7 nitrogen and oxygen atoms in total. The quantitative estimate of drug-likeness (QED) is 0.868. The minimum Gasteiger partial charge on any atom is -0.361 e. The fraction of sp³-hybridized carbons (Fsp3) is 0.545. The molecule has 2 N–H and O–H groups in total. The van der Waals surface area contributed by atoms with E-state index >= 15 is 0 Å². The third kappa shape index (κ3) is 3.31. The van der Waals surface area contributed by atoms with Crippen LogP contribution in [0.5, 0.6) is 0 Å². The summed E-state index contributed by atoms with van der Waals surface area (Å²) < 4.78 is 7.41. The van der Waals surface area contributed by atoms with Gasteiger partial charge in [-0.05, 0) is 6.92 Å². The van der Waals surface area contributed by atoms with Crippen LogP contribution in [-0.4, -0.2) is 46.3 Å². The molecule has 0 aliphatic heterocycles. The summed E-state index contributed by atoms with van der Waals surface area (Å²) in [5, 5.41) is 0. The van der Waals surface area contributed by atoms with E-state index in [4.69, 9.17) is 10.5 Å². The van der Waals surface area contributed by atoms with Crippen LogP contribution >= 0.6 is 12.4 Å². The number of hydrogen-bond acceptors (Lipinski definition) is 6. The topological polar surface area (TPSA) is 82.1 Å². The van der Waals surface area contributed by atoms with Gasteiger partial charge in [-0.2, -0.15) is 0 Å². The van der Waals surface area contributed by atoms with Gasteiger partial charge in [0.25, 0.3) is 0 Å². The third-order valence-corrected chi connectivity index (χ3v) is 2.64. The first-order valence-corrected chi connectivity index (χ1v) is 5.78. The lowest BCUT2D eigenvalue weighted by Crippen LogP contribution is -2.21. The molecule has 0 spiro atoms. The summed E-state index contributed by atoms with van der Waals surface area (Å²) in [5.74, 6) is 0.797. The van der Waals surface area contributed by atoms with Crippen molar-refractivity contribution in [3.8, 4) is 0 Å². The van der Waals surface area contributed by atoms with E-state index in [2.05, 4.69) is 15.0 Å². The first-order chi connectivity index (χ1) is 8.63. The summed E-state index contributed by atoms with van der Waals surface area (Å²) >= 11 is 0. The van der Waals surface area contributed by atoms with Crippen molar-refractivity contribution in [2.75, 3.05) is 25.5 Å². The van der Waals surface area contributed by atoms with E-state index in [-0.39, 0.29) is 18.5 Å². The zero-order valence-electron chi connectivity index (χ0n) is 11.3. The molecular formula is C11H19ClN6O. The molecule has 2 aromatic rings. The normalized spacial score (nSPS) is 12.2. The number of nitrogens with zero attached hydrogens (tertiary/aromatic N) is 5. The van der Waals surface area contributed by atoms with Crippen molar-refractivity contribution < 1.29 is 4.74 Å². The maximum Gasteiger partial charge on any atom is 0.167 e. The predicted molar refractivity (Wildman–Crippen MR) is 76.5 cm³/mol. The number of anilines is 1. The SMILES string of the molecule is CC(CN)OCn1cnc2c(N(C)C)ncnc21.Cl. The standard InChI is InChI=1S/C11H18N6O.ClH/c1-8(4-12)18-7-17-6-15-9-10(16(2)3)13-5-14-11(9)17;/h5-6,8H,4,7,12H2,1-3H3;1H. The zero-order valence-corrected chi connectivity index (χ0v) is 12.1. The number of nitrogens with two attached hydrogens (primary N) is 1. The van der Waals surface area contributed by atoms with Crippen LogP contribution in [-0.2, 0) is 11.5 Å². The van der Waals surface area contributed by atoms with Gasteiger partial charge in [-0.25, -0.2) is 15.0 Å². The molecule has 0 saturated carbocycles. The summed E-state index contributed by atoms with van der Waals surface area (Å²) in [5.41, 5.74) is 7.04. The minimum atomic E-state index is 0. The number of aromatic nitrogens is 4. The van der Waals surface area contributed by atoms with Gasteiger partial charge in [0.15, 0.2) is 17.0 Å². The second-order valence-electron chi connectivity index (χ2n) is 4.32. The largest absolute Gasteiger partial charge is 0.361 e. The number of imidazole rings is 1. The van der Waals surface area contributed by atoms with Crippen LogP contribution in [0.15, 0.2) is 12.7 Å². The van der Waals surface area contributed by atoms with Crippen LogP contribution < -0.4 is 10.6 Å². The van der Waals surface area contributed by atoms with Crippen molar-refractivity contribution in [2.24, 2.45) is 5.73 Å². The lowest BCUT2D eigenvalue weighted by Gasteiger charge is -2.12. The van der Waals surface area contributed by atoms with Gasteiger partial charge in [-0.15, -0.1) is 12.4 Å². The lowest BCUT2D eigenvalue weighted by atomic mass is 10.4. The second kappa shape index (κ2) is 6.65. The smallest absolute Gasteiger partial charge is 0.167 e. The molecular weight excluding hydrogens is 268 g/mol. The molecule has 19 heavy (non-hydrogen) atoms. The second-order valence-corrected chi connectivity index (χ2v) is 4.32. The van der Waals surface area contributed by atoms with Crippen molar-refractivity contribution in [1.29, 1.82) is 0 Å². The van der Waals surface area contributed by atoms with E-state index in [0.29, 0.717) is 13.3 Å². The van der Waals surface area contributed by atoms with E-state index in [1.54, 1.807) is 6.33 Å². The fourth-order valence-electron chi connectivity index (χ4n) is 1.57. The lowest BCUT2D eigenvalue weighted by molar-refractivity contribution is 0.0248. The van der Waals surface area contributed by atoms with Gasteiger partial charge in [-0.1, -0.05) is 0 Å². The minimum absolute atomic E-state index is 0. The Bertz CT molecular complexity index is 529. The molecule has 0 amide bonds. The molecule has 0 aliphatic carbocycles. The Balaban J connectivity index is 0.00000180. The molecule has 0 bridgehead atoms. The highest BCUT2D eigenvalue weighted by Crippen LogP contribution is 2.19. The summed E-state index contributed by atoms with van der Waals surface area (Å²) in [7, 11) is 3.85. The van der Waals surface area contributed by atoms with Gasteiger partial charge < -0.3 is 15.4 Å². The Morgan fingerprint density at radius 1 is 1.37 bits per heavy atom. The Morgan fingerprint density at radius 2 is 2.11 bits per heavy atom. The van der Waals surface area contributed by atoms with Crippen molar-refractivity contribution in [3.05, 3.63) is 12.7 Å². The number of rotatable bonds is 5. The van der Waals surface area contributed by atoms with E-state index < -0.39 is 0 Å². The molecule has 2 heterocycles. The number of ether oxygens (including phenoxy) is 1. The molecule has 0 aliphatic rings. The Hall–Kier alpha value is -1.44. The van der Waals surface area contributed by atoms with Crippen LogP contribution in [0.2, 0.25) is 0 Å². The molecule has 8 heteroatoms. The Labute approximate surface area is 118 Å². The van der Waals surface area contributed by atoms with Crippen LogP contribution in [0, 0.1) is 0 Å². The van der Waals surface area contributed by atoms with Gasteiger partial charge in [-0.3, -0.25) is 4.57 Å². The highest BCUT2D eigenvalue weighted by molar-refractivity contribution is 5.85. The molecule has 0 fully saturated rings. The van der Waals surface area contributed by atoms with Crippen LogP contribution in [0.4, 0.5) is 5.82 Å². The van der Waals surface area contributed by atoms with Gasteiger partial charge in [0.2, 0.25) is 0 Å². The van der Waals surface area contributed by atoms with Crippen molar-refractivity contribution in [3.63, 3.8) is 0 Å². The zero-order chi connectivity index (χ0) is 13.1. The summed E-state index contributed by atoms with van der Waals surface area (Å²) in [6.45, 7) is 2.81. The van der Waals surface area contributed by atoms with Gasteiger partial charge in [0.1, 0.15) is 13.1 Å². The molecule has 106 valence electrons. The number of fused-ring (bicyclic) bond motifs is 1. The molecule has 0 radical (unpaired) electrons. The molecule has 1 atom stereocenters. The van der Waals surface area contributed by atoms with Gasteiger partial charge in [0.05, 0.1) is 12.4 Å². The van der Waals surface area contributed by atoms with Crippen LogP contribution in [0.3, 0.4) is 0 Å². The van der Waals surface area contributed by atoms with Crippen LogP contribution in [0.1, 0.15) is 6.92 Å². The number of hydrogen-bond donors (Lipinski definition) is 1. The van der Waals surface area contributed by atoms with Crippen LogP contribution in [0.25, 0.3) is 11.2 Å². The van der Waals surface area contributed by atoms with Gasteiger partial charge >= 0.3 is 0 Å². The maximum absolute atomic E-state index is 5.57. The molecule has 0 saturated heterocycles. The van der Waals surface area contributed by atoms with E-state index in [1.165, 1.54) is 6.33 Å². The average molecular weight is 287 g/mol. The maximum atomic E-state index is 5.57. The fourth-order valence-corrected chi connectivity index (χ4v) is 1.57. The van der Waals surface area contributed by atoms with Crippen molar-refractivity contribution in [2.45, 2.75) is 19.8 Å². The molecule has 2 rings (SSSR count). The van der Waals surface area contributed by atoms with E-state index in [1.807, 2.05) is 30.5 Å². The molecule has 2 aromatic heterocycles. The first kappa shape index (κ1) is 15.6. The predicted octanol–water partition coefficient (Wildman–Crippen LogP) is 0.635. The van der Waals surface area contributed by atoms with Crippen molar-refractivity contribution in [1.82, 2.24) is 19.5 Å². The molecule has 1 unspecified atom stereocenters. The highest BCUT2D eigenvalue weighted by Gasteiger charge is 2.11. The summed E-state index contributed by atoms with van der Waals surface area (Å²) in [6.07, 6.45) is 3.25. The van der Waals surface area contributed by atoms with Crippen molar-refractivity contribution >= 4 is 29.4 Å². The Morgan fingerprint density at radius 3 is 2.74 bits per heavy atom. The highest BCUT2D eigenvalue weighted by atomic mass is 35.5. The van der Waals surface area contributed by atoms with E-state index in [0.717, 1.165) is 17.0 Å². The summed E-state index contributed by atoms with van der Waals surface area (Å²) in [6, 6.07) is 0. The Kier molecular flexibility index (Phi) is 5.46. The van der Waals surface area contributed by atoms with E-state index in [9.17, 15) is 0 Å². The monoisotopic (exact) mass is 286 g/mol. The number of halogens is 1. The van der Waals surface area contributed by atoms with Gasteiger partial charge in [0, 0.05) is 20.6 Å². The molecule has 0 aromatic carbocycles. The third-order valence-electron chi connectivity index (χ3n) is 2.64. The summed E-state index contributed by atoms with van der Waals surface area (Å²) in [4.78, 5) is 14.7. The first-order valence-electron chi connectivity index (χ1n) is 5.78. The average Bonchev–Trinajstić information content (AvgIpc) is 2.78.